The molecule has 1 heterocycles. The van der Waals surface area contributed by atoms with Gasteiger partial charge in [-0.3, -0.25) is 14.6 Å². The van der Waals surface area contributed by atoms with Crippen molar-refractivity contribution in [2.24, 2.45) is 11.5 Å². The number of nitrogens with two attached hydrogens (primary N) is 2. The van der Waals surface area contributed by atoms with E-state index in [1.54, 1.807) is 6.20 Å². The maximum absolute atomic E-state index is 12.3. The van der Waals surface area contributed by atoms with Crippen molar-refractivity contribution in [3.8, 4) is 23.8 Å². The van der Waals surface area contributed by atoms with Gasteiger partial charge in [-0.2, -0.15) is 0 Å². The quantitative estimate of drug-likeness (QED) is 0.255. The molecule has 0 aliphatic carbocycles. The molecule has 200 valence electrons. The molecule has 0 aliphatic heterocycles. The Labute approximate surface area is 223 Å². The number of primary amides is 1. The summed E-state index contributed by atoms with van der Waals surface area (Å²) in [6.45, 7) is 7.08. The van der Waals surface area contributed by atoms with E-state index in [-0.39, 0.29) is 18.7 Å². The maximum Gasteiger partial charge on any atom is 0.238 e. The number of rotatable bonds is 13. The van der Waals surface area contributed by atoms with Crippen LogP contribution in [0.5, 0.6) is 11.5 Å². The zero-order valence-electron chi connectivity index (χ0n) is 22.1. The molecule has 0 spiro atoms. The summed E-state index contributed by atoms with van der Waals surface area (Å²) in [4.78, 5) is 28.8. The molecular weight excluding hydrogens is 482 g/mol. The minimum atomic E-state index is -0.757. The molecule has 1 aromatic heterocycles. The number of pyridine rings is 1. The lowest BCUT2D eigenvalue weighted by Gasteiger charge is -2.20. The number of fused-ring (bicyclic) bond motifs is 1. The number of hydrogen-bond donors (Lipinski definition) is 4. The Bertz CT molecular complexity index is 1350. The smallest absolute Gasteiger partial charge is 0.238 e. The highest BCUT2D eigenvalue weighted by Crippen LogP contribution is 2.38. The molecule has 1 atom stereocenters. The first-order valence-corrected chi connectivity index (χ1v) is 12.7. The molecule has 0 fully saturated rings. The first kappa shape index (κ1) is 28.3. The average Bonchev–Trinajstić information content (AvgIpc) is 2.89. The topological polar surface area (TPSA) is 142 Å². The molecule has 9 nitrogen and oxygen atoms in total. The largest absolute Gasteiger partial charge is 0.490 e. The minimum absolute atomic E-state index is 0.00667. The van der Waals surface area contributed by atoms with E-state index in [0.717, 1.165) is 22.2 Å². The van der Waals surface area contributed by atoms with Crippen LogP contribution in [0.2, 0.25) is 0 Å². The van der Waals surface area contributed by atoms with Crippen molar-refractivity contribution < 1.29 is 19.1 Å². The molecule has 3 aromatic rings. The zero-order chi connectivity index (χ0) is 27.7. The lowest BCUT2D eigenvalue weighted by Crippen LogP contribution is -2.40. The van der Waals surface area contributed by atoms with Gasteiger partial charge in [-0.1, -0.05) is 19.1 Å². The lowest BCUT2D eigenvalue weighted by molar-refractivity contribution is -0.122. The van der Waals surface area contributed by atoms with E-state index in [1.165, 1.54) is 0 Å². The van der Waals surface area contributed by atoms with Gasteiger partial charge in [0.15, 0.2) is 11.5 Å². The van der Waals surface area contributed by atoms with Gasteiger partial charge in [0.2, 0.25) is 11.8 Å². The molecule has 0 saturated carbocycles. The number of carbonyl (C=O) groups is 2. The molecule has 38 heavy (non-hydrogen) atoms. The lowest BCUT2D eigenvalue weighted by atomic mass is 10.0. The first-order chi connectivity index (χ1) is 18.3. The van der Waals surface area contributed by atoms with E-state index in [1.807, 2.05) is 51.1 Å². The minimum Gasteiger partial charge on any atom is -0.490 e. The summed E-state index contributed by atoms with van der Waals surface area (Å²) in [5.41, 5.74) is 16.2. The number of anilines is 2. The summed E-state index contributed by atoms with van der Waals surface area (Å²) in [6.07, 6.45) is 7.79. The number of ether oxygens (including phenoxy) is 2. The number of aromatic nitrogens is 1. The van der Waals surface area contributed by atoms with Crippen LogP contribution in [0.15, 0.2) is 36.5 Å². The number of nitrogens with one attached hydrogen (secondary N) is 2. The molecule has 3 rings (SSSR count). The number of terminal acetylenes is 1. The van der Waals surface area contributed by atoms with Crippen LogP contribution in [0, 0.1) is 12.3 Å². The van der Waals surface area contributed by atoms with Crippen LogP contribution in [0.4, 0.5) is 11.4 Å². The Morgan fingerprint density at radius 1 is 1.11 bits per heavy atom. The zero-order valence-corrected chi connectivity index (χ0v) is 22.1. The third-order valence-corrected chi connectivity index (χ3v) is 5.99. The van der Waals surface area contributed by atoms with Crippen molar-refractivity contribution in [1.29, 1.82) is 0 Å². The molecule has 0 aliphatic rings. The number of nitrogens with zero attached hydrogens (tertiary/aromatic N) is 1. The SMILES string of the molecule is C#CC[C@H](N)C(=O)NCc1cccc(Nc2c(CC(N)=O)cnc3cc(OCC)c(OCC)cc23)c1CC. The molecule has 9 heteroatoms. The Morgan fingerprint density at radius 2 is 1.82 bits per heavy atom. The van der Waals surface area contributed by atoms with E-state index in [0.29, 0.717) is 54.4 Å². The fourth-order valence-electron chi connectivity index (χ4n) is 4.25. The molecule has 0 unspecified atom stereocenters. The molecule has 2 aromatic carbocycles. The number of carbonyl (C=O) groups excluding carboxylic acids is 2. The molecule has 0 saturated heterocycles. The van der Waals surface area contributed by atoms with Crippen molar-refractivity contribution >= 4 is 34.1 Å². The highest BCUT2D eigenvalue weighted by molar-refractivity contribution is 5.98. The van der Waals surface area contributed by atoms with Crippen molar-refractivity contribution in [3.63, 3.8) is 0 Å². The highest BCUT2D eigenvalue weighted by atomic mass is 16.5. The van der Waals surface area contributed by atoms with Crippen LogP contribution in [-0.4, -0.2) is 36.1 Å². The first-order valence-electron chi connectivity index (χ1n) is 12.7. The van der Waals surface area contributed by atoms with Gasteiger partial charge in [-0.25, -0.2) is 0 Å². The van der Waals surface area contributed by atoms with Crippen molar-refractivity contribution in [2.45, 2.75) is 52.6 Å². The summed E-state index contributed by atoms with van der Waals surface area (Å²) in [5, 5.41) is 7.15. The fourth-order valence-corrected chi connectivity index (χ4v) is 4.25. The van der Waals surface area contributed by atoms with Crippen LogP contribution < -0.4 is 31.6 Å². The number of benzene rings is 2. The van der Waals surface area contributed by atoms with Gasteiger partial charge in [0.1, 0.15) is 0 Å². The molecule has 2 amide bonds. The van der Waals surface area contributed by atoms with Crippen LogP contribution in [-0.2, 0) is 29.0 Å². The van der Waals surface area contributed by atoms with E-state index in [2.05, 4.69) is 21.5 Å². The Balaban J connectivity index is 2.07. The molecule has 0 radical (unpaired) electrons. The van der Waals surface area contributed by atoms with Crippen LogP contribution in [0.1, 0.15) is 43.9 Å². The predicted octanol–water partition coefficient (Wildman–Crippen LogP) is 3.33. The van der Waals surface area contributed by atoms with Crippen LogP contribution in [0.3, 0.4) is 0 Å². The summed E-state index contributed by atoms with van der Waals surface area (Å²) in [7, 11) is 0. The van der Waals surface area contributed by atoms with E-state index in [4.69, 9.17) is 27.4 Å². The third kappa shape index (κ3) is 6.72. The molecule has 0 bridgehead atoms. The second-order valence-corrected chi connectivity index (χ2v) is 8.64. The Kier molecular flexibility index (Phi) is 9.91. The predicted molar refractivity (Wildman–Crippen MR) is 149 cm³/mol. The number of hydrogen-bond acceptors (Lipinski definition) is 7. The van der Waals surface area contributed by atoms with Crippen molar-refractivity contribution in [2.75, 3.05) is 18.5 Å². The number of amides is 2. The van der Waals surface area contributed by atoms with Crippen LogP contribution in [0.25, 0.3) is 10.9 Å². The summed E-state index contributed by atoms with van der Waals surface area (Å²) in [5.74, 6) is 2.81. The van der Waals surface area contributed by atoms with Gasteiger partial charge in [0, 0.05) is 41.9 Å². The van der Waals surface area contributed by atoms with E-state index < -0.39 is 11.9 Å². The van der Waals surface area contributed by atoms with Gasteiger partial charge in [-0.15, -0.1) is 12.3 Å². The van der Waals surface area contributed by atoms with E-state index in [9.17, 15) is 9.59 Å². The Morgan fingerprint density at radius 3 is 2.45 bits per heavy atom. The summed E-state index contributed by atoms with van der Waals surface area (Å²) < 4.78 is 11.6. The van der Waals surface area contributed by atoms with Gasteiger partial charge < -0.3 is 31.6 Å². The van der Waals surface area contributed by atoms with Gasteiger partial charge in [0.05, 0.1) is 36.9 Å². The van der Waals surface area contributed by atoms with Gasteiger partial charge in [0.25, 0.3) is 0 Å². The Hall–Kier alpha value is -4.29. The van der Waals surface area contributed by atoms with Crippen molar-refractivity contribution in [3.05, 3.63) is 53.2 Å². The summed E-state index contributed by atoms with van der Waals surface area (Å²) in [6, 6.07) is 8.74. The molecular formula is C29H35N5O4. The maximum atomic E-state index is 12.3. The standard InChI is InChI=1S/C29H35N5O4/c1-5-10-22(30)29(36)33-16-18-11-9-12-23(20(18)6-2)34-28-19(13-27(31)35)17-32-24-15-26(38-8-4)25(37-7-3)14-21(24)28/h1,9,11-12,14-15,17,22H,6-8,10,13,16,30H2,2-4H3,(H2,31,35)(H,32,34)(H,33,36)/t22-/m0/s1. The van der Waals surface area contributed by atoms with Gasteiger partial charge >= 0.3 is 0 Å². The van der Waals surface area contributed by atoms with Crippen molar-refractivity contribution in [1.82, 2.24) is 10.3 Å². The highest BCUT2D eigenvalue weighted by Gasteiger charge is 2.18. The monoisotopic (exact) mass is 517 g/mol. The normalized spacial score (nSPS) is 11.4. The van der Waals surface area contributed by atoms with E-state index >= 15 is 0 Å². The van der Waals surface area contributed by atoms with Gasteiger partial charge in [-0.05, 0) is 43.5 Å². The second-order valence-electron chi connectivity index (χ2n) is 8.64. The second kappa shape index (κ2) is 13.3. The molecule has 6 N–H and O–H groups in total. The average molecular weight is 518 g/mol. The van der Waals surface area contributed by atoms with Crippen LogP contribution >= 0.6 is 0 Å². The third-order valence-electron chi connectivity index (χ3n) is 5.99. The fraction of sp³-hybridized carbons (Fsp3) is 0.345. The summed E-state index contributed by atoms with van der Waals surface area (Å²) >= 11 is 0.